The van der Waals surface area contributed by atoms with E-state index in [1.54, 1.807) is 0 Å². The monoisotopic (exact) mass is 288 g/mol. The van der Waals surface area contributed by atoms with E-state index < -0.39 is 0 Å². The molecule has 1 amide bonds. The van der Waals surface area contributed by atoms with Crippen LogP contribution in [0.1, 0.15) is 32.6 Å². The maximum absolute atomic E-state index is 11.2. The Morgan fingerprint density at radius 1 is 1.50 bits per heavy atom. The van der Waals surface area contributed by atoms with Gasteiger partial charge in [-0.1, -0.05) is 15.9 Å². The molecule has 0 radical (unpaired) electrons. The second-order valence-corrected chi connectivity index (χ2v) is 6.15. The van der Waals surface area contributed by atoms with E-state index in [4.69, 9.17) is 5.73 Å². The van der Waals surface area contributed by atoms with Gasteiger partial charge in [-0.15, -0.1) is 0 Å². The smallest absolute Gasteiger partial charge is 0.221 e. The summed E-state index contributed by atoms with van der Waals surface area (Å²) in [7, 11) is 0. The lowest BCUT2D eigenvalue weighted by molar-refractivity contribution is -0.124. The van der Waals surface area contributed by atoms with Crippen molar-refractivity contribution in [2.24, 2.45) is 17.1 Å². The first-order valence-corrected chi connectivity index (χ1v) is 7.28. The number of halogens is 1. The van der Waals surface area contributed by atoms with Crippen LogP contribution in [0.3, 0.4) is 0 Å². The van der Waals surface area contributed by atoms with Gasteiger partial charge in [0.05, 0.1) is 5.92 Å². The Labute approximate surface area is 106 Å². The molecule has 4 heteroatoms. The first kappa shape index (κ1) is 12.4. The molecular formula is C12H21BrN2O. The van der Waals surface area contributed by atoms with Gasteiger partial charge in [0, 0.05) is 24.5 Å². The molecule has 0 spiro atoms. The van der Waals surface area contributed by atoms with Gasteiger partial charge < -0.3 is 5.73 Å². The Hall–Kier alpha value is -0.0900. The van der Waals surface area contributed by atoms with Crippen LogP contribution in [0, 0.1) is 11.3 Å². The average Bonchev–Trinajstić information content (AvgIpc) is 3.02. The Morgan fingerprint density at radius 3 is 2.69 bits per heavy atom. The van der Waals surface area contributed by atoms with Crippen molar-refractivity contribution >= 4 is 21.8 Å². The minimum atomic E-state index is -0.124. The van der Waals surface area contributed by atoms with Gasteiger partial charge in [0.2, 0.25) is 5.91 Å². The lowest BCUT2D eigenvalue weighted by Crippen LogP contribution is -2.48. The average molecular weight is 289 g/mol. The highest BCUT2D eigenvalue weighted by atomic mass is 79.9. The van der Waals surface area contributed by atoms with Gasteiger partial charge in [-0.25, -0.2) is 0 Å². The van der Waals surface area contributed by atoms with Gasteiger partial charge >= 0.3 is 0 Å². The van der Waals surface area contributed by atoms with Crippen LogP contribution in [-0.2, 0) is 4.79 Å². The molecule has 1 aliphatic heterocycles. The van der Waals surface area contributed by atoms with Gasteiger partial charge in [-0.2, -0.15) is 0 Å². The number of amides is 1. The number of likely N-dealkylation sites (tertiary alicyclic amines) is 1. The van der Waals surface area contributed by atoms with Crippen molar-refractivity contribution in [1.82, 2.24) is 4.90 Å². The summed E-state index contributed by atoms with van der Waals surface area (Å²) in [6.07, 6.45) is 4.71. The summed E-state index contributed by atoms with van der Waals surface area (Å²) in [6, 6.07) is 0.604. The highest BCUT2D eigenvalue weighted by Gasteiger charge is 2.44. The van der Waals surface area contributed by atoms with E-state index in [2.05, 4.69) is 27.8 Å². The van der Waals surface area contributed by atoms with E-state index in [1.807, 2.05) is 0 Å². The van der Waals surface area contributed by atoms with Crippen LogP contribution in [0.25, 0.3) is 0 Å². The number of nitrogens with zero attached hydrogens (tertiary/aromatic N) is 1. The normalized spacial score (nSPS) is 33.6. The van der Waals surface area contributed by atoms with Crippen molar-refractivity contribution in [3.05, 3.63) is 0 Å². The summed E-state index contributed by atoms with van der Waals surface area (Å²) in [6.45, 7) is 4.26. The van der Waals surface area contributed by atoms with Crippen LogP contribution in [0.4, 0.5) is 0 Å². The molecule has 2 unspecified atom stereocenters. The van der Waals surface area contributed by atoms with Crippen LogP contribution >= 0.6 is 15.9 Å². The molecule has 3 nitrogen and oxygen atoms in total. The van der Waals surface area contributed by atoms with E-state index >= 15 is 0 Å². The van der Waals surface area contributed by atoms with Gasteiger partial charge in [0.15, 0.2) is 0 Å². The number of nitrogens with two attached hydrogens (primary N) is 1. The molecule has 16 heavy (non-hydrogen) atoms. The lowest BCUT2D eigenvalue weighted by Gasteiger charge is -2.38. The number of alkyl halides is 1. The highest BCUT2D eigenvalue weighted by molar-refractivity contribution is 9.09. The molecule has 1 heterocycles. The second-order valence-electron chi connectivity index (χ2n) is 5.59. The summed E-state index contributed by atoms with van der Waals surface area (Å²) in [5, 5.41) is 1.09. The maximum atomic E-state index is 11.2. The minimum absolute atomic E-state index is 0.0716. The number of hydrogen-bond acceptors (Lipinski definition) is 2. The third-order valence-electron chi connectivity index (χ3n) is 4.19. The predicted molar refractivity (Wildman–Crippen MR) is 68.4 cm³/mol. The molecule has 0 bridgehead atoms. The van der Waals surface area contributed by atoms with Gasteiger partial charge in [-0.05, 0) is 38.0 Å². The summed E-state index contributed by atoms with van der Waals surface area (Å²) >= 11 is 3.61. The molecule has 0 aromatic heterocycles. The van der Waals surface area contributed by atoms with Crippen molar-refractivity contribution in [2.45, 2.75) is 38.6 Å². The largest absolute Gasteiger partial charge is 0.369 e. The predicted octanol–water partition coefficient (Wildman–Crippen LogP) is 1.75. The molecule has 0 aromatic rings. The molecule has 2 fully saturated rings. The summed E-state index contributed by atoms with van der Waals surface area (Å²) in [4.78, 5) is 13.7. The number of carbonyl (C=O) groups is 1. The van der Waals surface area contributed by atoms with Crippen molar-refractivity contribution in [1.29, 1.82) is 0 Å². The molecular weight excluding hydrogens is 268 g/mol. The topological polar surface area (TPSA) is 46.3 Å². The van der Waals surface area contributed by atoms with Crippen LogP contribution < -0.4 is 5.73 Å². The quantitative estimate of drug-likeness (QED) is 0.801. The fraction of sp³-hybridized carbons (Fsp3) is 0.917. The Kier molecular flexibility index (Phi) is 3.59. The van der Waals surface area contributed by atoms with Gasteiger partial charge in [0.1, 0.15) is 0 Å². The molecule has 1 saturated carbocycles. The van der Waals surface area contributed by atoms with E-state index in [-0.39, 0.29) is 11.8 Å². The van der Waals surface area contributed by atoms with E-state index in [9.17, 15) is 4.79 Å². The highest BCUT2D eigenvalue weighted by Crippen LogP contribution is 2.48. The van der Waals surface area contributed by atoms with Crippen molar-refractivity contribution in [2.75, 3.05) is 18.4 Å². The summed E-state index contributed by atoms with van der Waals surface area (Å²) < 4.78 is 0. The van der Waals surface area contributed by atoms with E-state index in [0.717, 1.165) is 31.3 Å². The zero-order valence-corrected chi connectivity index (χ0v) is 11.5. The number of hydrogen-bond donors (Lipinski definition) is 1. The molecule has 1 saturated heterocycles. The minimum Gasteiger partial charge on any atom is -0.369 e. The fourth-order valence-electron chi connectivity index (χ4n) is 2.57. The molecule has 92 valence electrons. The van der Waals surface area contributed by atoms with Gasteiger partial charge in [-0.3, -0.25) is 9.69 Å². The molecule has 0 aromatic carbocycles. The van der Waals surface area contributed by atoms with Crippen LogP contribution in [0.5, 0.6) is 0 Å². The Morgan fingerprint density at radius 2 is 2.19 bits per heavy atom. The standard InChI is InChI=1S/C12H21BrN2O/c1-9-2-3-10(11(14)16)6-15(9)8-12(7-13)4-5-12/h9-10H,2-8H2,1H3,(H2,14,16). The van der Waals surface area contributed by atoms with Crippen molar-refractivity contribution in [3.8, 4) is 0 Å². The summed E-state index contributed by atoms with van der Waals surface area (Å²) in [5.74, 6) is -0.0529. The number of piperidine rings is 1. The van der Waals surface area contributed by atoms with Crippen molar-refractivity contribution in [3.63, 3.8) is 0 Å². The summed E-state index contributed by atoms with van der Waals surface area (Å²) in [5.41, 5.74) is 5.91. The molecule has 2 aliphatic rings. The fourth-order valence-corrected chi connectivity index (χ4v) is 3.31. The molecule has 2 rings (SSSR count). The van der Waals surface area contributed by atoms with E-state index in [1.165, 1.54) is 12.8 Å². The van der Waals surface area contributed by atoms with Gasteiger partial charge in [0.25, 0.3) is 0 Å². The Bertz CT molecular complexity index is 278. The maximum Gasteiger partial charge on any atom is 0.221 e. The SMILES string of the molecule is CC1CCC(C(N)=O)CN1CC1(CBr)CC1. The van der Waals surface area contributed by atoms with Crippen molar-refractivity contribution < 1.29 is 4.79 Å². The third kappa shape index (κ3) is 2.59. The van der Waals surface area contributed by atoms with Crippen LogP contribution in [-0.4, -0.2) is 35.3 Å². The van der Waals surface area contributed by atoms with Crippen LogP contribution in [0.15, 0.2) is 0 Å². The zero-order valence-electron chi connectivity index (χ0n) is 9.92. The first-order valence-electron chi connectivity index (χ1n) is 6.16. The van der Waals surface area contributed by atoms with Crippen LogP contribution in [0.2, 0.25) is 0 Å². The van der Waals surface area contributed by atoms with E-state index in [0.29, 0.717) is 11.5 Å². The molecule has 1 aliphatic carbocycles. The lowest BCUT2D eigenvalue weighted by atomic mass is 9.92. The Balaban J connectivity index is 1.93. The molecule has 2 atom stereocenters. The number of carbonyl (C=O) groups excluding carboxylic acids is 1. The number of rotatable bonds is 4. The first-order chi connectivity index (χ1) is 7.56. The molecule has 2 N–H and O–H groups in total. The third-order valence-corrected chi connectivity index (χ3v) is 5.38. The zero-order chi connectivity index (χ0) is 11.8. The second kappa shape index (κ2) is 4.65. The number of primary amides is 1.